The van der Waals surface area contributed by atoms with Gasteiger partial charge in [-0.15, -0.1) is 0 Å². The lowest BCUT2D eigenvalue weighted by Gasteiger charge is -2.29. The normalized spacial score (nSPS) is 15.2. The van der Waals surface area contributed by atoms with Gasteiger partial charge in [0.25, 0.3) is 0 Å². The van der Waals surface area contributed by atoms with E-state index in [4.69, 9.17) is 4.74 Å². The minimum Gasteiger partial charge on any atom is -0.487 e. The van der Waals surface area contributed by atoms with E-state index in [0.29, 0.717) is 22.8 Å². The van der Waals surface area contributed by atoms with Crippen LogP contribution in [0.5, 0.6) is 5.75 Å². The summed E-state index contributed by atoms with van der Waals surface area (Å²) in [4.78, 5) is 2.03. The Morgan fingerprint density at radius 3 is 2.81 bits per heavy atom. The van der Waals surface area contributed by atoms with Crippen molar-refractivity contribution in [1.82, 2.24) is 15.6 Å². The highest BCUT2D eigenvalue weighted by atomic mass is 19.1. The first-order chi connectivity index (χ1) is 10.2. The molecule has 0 saturated carbocycles. The number of nitrogens with one attached hydrogen (secondary N) is 1. The highest BCUT2D eigenvalue weighted by Crippen LogP contribution is 2.25. The number of benzene rings is 1. The number of nitrogens with zero attached hydrogens (tertiary/aromatic N) is 3. The lowest BCUT2D eigenvalue weighted by Crippen LogP contribution is -2.43. The molecule has 7 heteroatoms. The second-order valence-corrected chi connectivity index (χ2v) is 4.94. The Labute approximate surface area is 121 Å². The molecule has 1 fully saturated rings. The van der Waals surface area contributed by atoms with Crippen LogP contribution < -0.4 is 15.0 Å². The van der Waals surface area contributed by atoms with Crippen molar-refractivity contribution in [3.05, 3.63) is 35.4 Å². The van der Waals surface area contributed by atoms with Crippen molar-refractivity contribution >= 4 is 5.69 Å². The molecule has 112 valence electrons. The van der Waals surface area contributed by atoms with Crippen LogP contribution >= 0.6 is 0 Å². The van der Waals surface area contributed by atoms with Crippen LogP contribution in [0.2, 0.25) is 0 Å². The summed E-state index contributed by atoms with van der Waals surface area (Å²) in [6.45, 7) is 5.35. The zero-order valence-corrected chi connectivity index (χ0v) is 11.8. The number of halogens is 1. The molecule has 2 aromatic rings. The van der Waals surface area contributed by atoms with Crippen molar-refractivity contribution in [3.8, 4) is 5.75 Å². The quantitative estimate of drug-likeness (QED) is 0.921. The maximum Gasteiger partial charge on any atom is 0.150 e. The number of rotatable bonds is 4. The van der Waals surface area contributed by atoms with Gasteiger partial charge < -0.3 is 15.0 Å². The average molecular weight is 292 g/mol. The van der Waals surface area contributed by atoms with Gasteiger partial charge in [-0.2, -0.15) is 0 Å². The van der Waals surface area contributed by atoms with Crippen molar-refractivity contribution in [2.45, 2.75) is 13.5 Å². The van der Waals surface area contributed by atoms with Crippen LogP contribution in [-0.2, 0) is 6.61 Å². The molecule has 21 heavy (non-hydrogen) atoms. The molecule has 0 unspecified atom stereocenters. The third-order valence-corrected chi connectivity index (χ3v) is 3.50. The maximum atomic E-state index is 14.2. The first-order valence-electron chi connectivity index (χ1n) is 6.90. The van der Waals surface area contributed by atoms with Gasteiger partial charge in [0, 0.05) is 32.2 Å². The molecule has 1 aromatic carbocycles. The predicted octanol–water partition coefficient (Wildman–Crippen LogP) is 1.51. The van der Waals surface area contributed by atoms with E-state index in [1.54, 1.807) is 19.1 Å². The maximum absolute atomic E-state index is 14.2. The smallest absolute Gasteiger partial charge is 0.150 e. The van der Waals surface area contributed by atoms with Crippen LogP contribution in [-0.4, -0.2) is 36.5 Å². The van der Waals surface area contributed by atoms with Crippen LogP contribution in [0.15, 0.2) is 22.8 Å². The second-order valence-electron chi connectivity index (χ2n) is 4.94. The molecule has 0 radical (unpaired) electrons. The Bertz CT molecular complexity index is 611. The predicted molar refractivity (Wildman–Crippen MR) is 74.8 cm³/mol. The van der Waals surface area contributed by atoms with Crippen LogP contribution in [0, 0.1) is 12.7 Å². The largest absolute Gasteiger partial charge is 0.487 e. The fraction of sp³-hybridized carbons (Fsp3) is 0.429. The Balaban J connectivity index is 1.67. The topological polar surface area (TPSA) is 63.4 Å². The molecule has 1 N–H and O–H groups in total. The van der Waals surface area contributed by atoms with Crippen molar-refractivity contribution in [2.24, 2.45) is 0 Å². The fourth-order valence-corrected chi connectivity index (χ4v) is 2.27. The number of hydrogen-bond donors (Lipinski definition) is 1. The van der Waals surface area contributed by atoms with E-state index in [-0.39, 0.29) is 12.4 Å². The monoisotopic (exact) mass is 292 g/mol. The molecule has 3 rings (SSSR count). The zero-order valence-electron chi connectivity index (χ0n) is 11.8. The van der Waals surface area contributed by atoms with Crippen LogP contribution in [0.4, 0.5) is 10.1 Å². The Morgan fingerprint density at radius 1 is 1.33 bits per heavy atom. The van der Waals surface area contributed by atoms with Crippen molar-refractivity contribution < 1.29 is 13.8 Å². The number of aryl methyl sites for hydroxylation is 1. The molecule has 2 heterocycles. The Kier molecular flexibility index (Phi) is 4.01. The Morgan fingerprint density at radius 2 is 2.14 bits per heavy atom. The molecule has 1 aromatic heterocycles. The van der Waals surface area contributed by atoms with E-state index < -0.39 is 0 Å². The molecule has 1 saturated heterocycles. The summed E-state index contributed by atoms with van der Waals surface area (Å²) in [5.41, 5.74) is 1.90. The first-order valence-corrected chi connectivity index (χ1v) is 6.90. The van der Waals surface area contributed by atoms with Crippen LogP contribution in [0.3, 0.4) is 0 Å². The molecule has 0 aliphatic carbocycles. The van der Waals surface area contributed by atoms with Gasteiger partial charge in [0.1, 0.15) is 29.6 Å². The molecule has 1 aliphatic rings. The van der Waals surface area contributed by atoms with E-state index in [0.717, 1.165) is 26.2 Å². The molecule has 0 amide bonds. The van der Waals surface area contributed by atoms with Gasteiger partial charge >= 0.3 is 0 Å². The summed E-state index contributed by atoms with van der Waals surface area (Å²) in [5, 5.41) is 10.6. The summed E-state index contributed by atoms with van der Waals surface area (Å²) in [5.74, 6) is 0.193. The summed E-state index contributed by atoms with van der Waals surface area (Å²) in [7, 11) is 0. The molecule has 0 spiro atoms. The average Bonchev–Trinajstić information content (AvgIpc) is 2.91. The lowest BCUT2D eigenvalue weighted by atomic mass is 10.2. The minimum absolute atomic E-state index is 0.210. The number of aromatic nitrogens is 2. The number of piperazine rings is 1. The number of ether oxygens (including phenoxy) is 1. The fourth-order valence-electron chi connectivity index (χ4n) is 2.27. The molecular formula is C14H17FN4O2. The third-order valence-electron chi connectivity index (χ3n) is 3.50. The van der Waals surface area contributed by atoms with E-state index in [2.05, 4.69) is 20.3 Å². The summed E-state index contributed by atoms with van der Waals surface area (Å²) in [6, 6.07) is 4.92. The van der Waals surface area contributed by atoms with Gasteiger partial charge in [0.05, 0.1) is 5.69 Å². The standard InChI is InChI=1S/C14H17FN4O2/c1-10-13(18-21-17-10)9-20-11-2-3-14(12(15)8-11)19-6-4-16-5-7-19/h2-3,8,16H,4-7,9H2,1H3. The first kappa shape index (κ1) is 13.8. The van der Waals surface area contributed by atoms with Gasteiger partial charge in [0.2, 0.25) is 0 Å². The van der Waals surface area contributed by atoms with E-state index in [9.17, 15) is 4.39 Å². The van der Waals surface area contributed by atoms with Crippen LogP contribution in [0.1, 0.15) is 11.4 Å². The van der Waals surface area contributed by atoms with Gasteiger partial charge in [-0.1, -0.05) is 10.3 Å². The second kappa shape index (κ2) is 6.09. The van der Waals surface area contributed by atoms with E-state index >= 15 is 0 Å². The van der Waals surface area contributed by atoms with Crippen molar-refractivity contribution in [1.29, 1.82) is 0 Å². The van der Waals surface area contributed by atoms with E-state index in [1.165, 1.54) is 6.07 Å². The molecule has 0 atom stereocenters. The van der Waals surface area contributed by atoms with Gasteiger partial charge in [-0.05, 0) is 19.1 Å². The van der Waals surface area contributed by atoms with Crippen molar-refractivity contribution in [2.75, 3.05) is 31.1 Å². The lowest BCUT2D eigenvalue weighted by molar-refractivity contribution is 0.269. The van der Waals surface area contributed by atoms with Gasteiger partial charge in [0.15, 0.2) is 0 Å². The molecule has 6 nitrogen and oxygen atoms in total. The van der Waals surface area contributed by atoms with Gasteiger partial charge in [-0.25, -0.2) is 9.02 Å². The zero-order chi connectivity index (χ0) is 14.7. The Hall–Kier alpha value is -2.15. The number of anilines is 1. The highest BCUT2D eigenvalue weighted by Gasteiger charge is 2.15. The van der Waals surface area contributed by atoms with Gasteiger partial charge in [-0.3, -0.25) is 0 Å². The highest BCUT2D eigenvalue weighted by molar-refractivity contribution is 5.51. The molecule has 0 bridgehead atoms. The van der Waals surface area contributed by atoms with E-state index in [1.807, 2.05) is 4.90 Å². The molecule has 1 aliphatic heterocycles. The summed E-state index contributed by atoms with van der Waals surface area (Å²) >= 11 is 0. The summed E-state index contributed by atoms with van der Waals surface area (Å²) in [6.07, 6.45) is 0. The summed E-state index contributed by atoms with van der Waals surface area (Å²) < 4.78 is 24.3. The van der Waals surface area contributed by atoms with Crippen molar-refractivity contribution in [3.63, 3.8) is 0 Å². The SMILES string of the molecule is Cc1nonc1COc1ccc(N2CCNCC2)c(F)c1. The third kappa shape index (κ3) is 3.13. The minimum atomic E-state index is -0.274. The number of hydrogen-bond acceptors (Lipinski definition) is 6. The van der Waals surface area contributed by atoms with Crippen LogP contribution in [0.25, 0.3) is 0 Å². The molecular weight excluding hydrogens is 275 g/mol.